The second kappa shape index (κ2) is 10.3. The molecule has 0 amide bonds. The SMILES string of the molecule is CN(CCN(C)N=Cc1ccc(N(C)C)cc1)N=Cc1ccc(N(C)C)cc1. The van der Waals surface area contributed by atoms with Crippen LogP contribution in [0.1, 0.15) is 11.1 Å². The normalized spacial score (nSPS) is 11.2. The van der Waals surface area contributed by atoms with E-state index in [4.69, 9.17) is 0 Å². The number of hydrazone groups is 2. The van der Waals surface area contributed by atoms with E-state index in [-0.39, 0.29) is 0 Å². The van der Waals surface area contributed by atoms with Crippen molar-refractivity contribution < 1.29 is 0 Å². The molecule has 0 aromatic heterocycles. The highest BCUT2D eigenvalue weighted by Gasteiger charge is 1.99. The minimum absolute atomic E-state index is 0.791. The van der Waals surface area contributed by atoms with Crippen molar-refractivity contribution in [2.75, 3.05) is 65.2 Å². The van der Waals surface area contributed by atoms with Crippen LogP contribution in [0.25, 0.3) is 0 Å². The smallest absolute Gasteiger partial charge is 0.0549 e. The van der Waals surface area contributed by atoms with Gasteiger partial charge in [0.25, 0.3) is 0 Å². The Labute approximate surface area is 169 Å². The third kappa shape index (κ3) is 6.95. The minimum atomic E-state index is 0.791. The van der Waals surface area contributed by atoms with E-state index in [1.54, 1.807) is 0 Å². The molecular weight excluding hydrogens is 348 g/mol. The number of rotatable bonds is 9. The zero-order valence-corrected chi connectivity index (χ0v) is 17.9. The Morgan fingerprint density at radius 2 is 0.893 bits per heavy atom. The number of hydrogen-bond donors (Lipinski definition) is 0. The molecule has 0 unspecified atom stereocenters. The van der Waals surface area contributed by atoms with Gasteiger partial charge < -0.3 is 9.80 Å². The van der Waals surface area contributed by atoms with E-state index in [2.05, 4.69) is 68.5 Å². The van der Waals surface area contributed by atoms with Crippen molar-refractivity contribution in [2.24, 2.45) is 10.2 Å². The van der Waals surface area contributed by atoms with Gasteiger partial charge in [-0.15, -0.1) is 0 Å². The van der Waals surface area contributed by atoms with Crippen LogP contribution < -0.4 is 9.80 Å². The maximum absolute atomic E-state index is 4.50. The van der Waals surface area contributed by atoms with Crippen LogP contribution in [-0.4, -0.2) is 77.8 Å². The van der Waals surface area contributed by atoms with Crippen molar-refractivity contribution in [3.05, 3.63) is 59.7 Å². The summed E-state index contributed by atoms with van der Waals surface area (Å²) >= 11 is 0. The van der Waals surface area contributed by atoms with Gasteiger partial charge >= 0.3 is 0 Å². The maximum atomic E-state index is 4.50. The van der Waals surface area contributed by atoms with Gasteiger partial charge in [-0.2, -0.15) is 10.2 Å². The van der Waals surface area contributed by atoms with E-state index < -0.39 is 0 Å². The van der Waals surface area contributed by atoms with Crippen molar-refractivity contribution in [2.45, 2.75) is 0 Å². The number of anilines is 2. The highest BCUT2D eigenvalue weighted by molar-refractivity contribution is 5.80. The molecule has 2 rings (SSSR count). The molecule has 28 heavy (non-hydrogen) atoms. The molecule has 0 atom stereocenters. The summed E-state index contributed by atoms with van der Waals surface area (Å²) < 4.78 is 0. The number of likely N-dealkylation sites (N-methyl/N-ethyl adjacent to an activating group) is 2. The molecule has 0 bridgehead atoms. The molecule has 0 heterocycles. The summed E-state index contributed by atoms with van der Waals surface area (Å²) in [6.07, 6.45) is 3.77. The van der Waals surface area contributed by atoms with Crippen LogP contribution in [0.3, 0.4) is 0 Å². The summed E-state index contributed by atoms with van der Waals surface area (Å²) in [5.74, 6) is 0. The fourth-order valence-corrected chi connectivity index (χ4v) is 2.45. The number of hydrogen-bond acceptors (Lipinski definition) is 6. The largest absolute Gasteiger partial charge is 0.378 e. The van der Waals surface area contributed by atoms with E-state index in [0.29, 0.717) is 0 Å². The highest BCUT2D eigenvalue weighted by Crippen LogP contribution is 2.12. The van der Waals surface area contributed by atoms with Gasteiger partial charge in [0.15, 0.2) is 0 Å². The van der Waals surface area contributed by atoms with Crippen molar-refractivity contribution in [3.8, 4) is 0 Å². The average Bonchev–Trinajstić information content (AvgIpc) is 2.69. The van der Waals surface area contributed by atoms with Gasteiger partial charge in [-0.3, -0.25) is 10.0 Å². The molecule has 0 saturated carbocycles. The van der Waals surface area contributed by atoms with Crippen LogP contribution in [0.15, 0.2) is 58.7 Å². The summed E-state index contributed by atoms with van der Waals surface area (Å²) in [5.41, 5.74) is 4.54. The Balaban J connectivity index is 1.78. The monoisotopic (exact) mass is 380 g/mol. The second-order valence-electron chi connectivity index (χ2n) is 7.22. The molecule has 6 nitrogen and oxygen atoms in total. The standard InChI is InChI=1S/C22H32N6/c1-25(2)21-11-7-19(8-12-21)17-23-27(5)15-16-28(6)24-18-20-9-13-22(14-10-20)26(3)4/h7-14,17-18H,15-16H2,1-6H3. The first-order valence-corrected chi connectivity index (χ1v) is 9.40. The zero-order chi connectivity index (χ0) is 20.5. The van der Waals surface area contributed by atoms with E-state index in [9.17, 15) is 0 Å². The molecule has 2 aromatic rings. The van der Waals surface area contributed by atoms with Gasteiger partial charge in [-0.1, -0.05) is 24.3 Å². The first-order valence-electron chi connectivity index (χ1n) is 9.40. The Hall–Kier alpha value is -3.02. The first-order chi connectivity index (χ1) is 13.3. The summed E-state index contributed by atoms with van der Waals surface area (Å²) in [6.45, 7) is 1.58. The van der Waals surface area contributed by atoms with Crippen LogP contribution in [0.5, 0.6) is 0 Å². The van der Waals surface area contributed by atoms with Crippen LogP contribution in [0, 0.1) is 0 Å². The van der Waals surface area contributed by atoms with Crippen molar-refractivity contribution in [1.82, 2.24) is 10.0 Å². The summed E-state index contributed by atoms with van der Waals surface area (Å²) in [4.78, 5) is 4.17. The molecule has 0 aliphatic rings. The van der Waals surface area contributed by atoms with Gasteiger partial charge in [0.05, 0.1) is 25.5 Å². The molecule has 0 radical (unpaired) electrons. The third-order valence-electron chi connectivity index (χ3n) is 4.37. The lowest BCUT2D eigenvalue weighted by Gasteiger charge is -2.18. The number of nitrogens with zero attached hydrogens (tertiary/aromatic N) is 6. The zero-order valence-electron chi connectivity index (χ0n) is 17.9. The molecule has 0 aliphatic heterocycles. The Morgan fingerprint density at radius 1 is 0.571 bits per heavy atom. The van der Waals surface area contributed by atoms with Gasteiger partial charge in [0, 0.05) is 53.7 Å². The molecule has 0 spiro atoms. The molecule has 0 aliphatic carbocycles. The Morgan fingerprint density at radius 3 is 1.18 bits per heavy atom. The third-order valence-corrected chi connectivity index (χ3v) is 4.37. The molecule has 0 fully saturated rings. The van der Waals surface area contributed by atoms with Gasteiger partial charge in [-0.25, -0.2) is 0 Å². The quantitative estimate of drug-likeness (QED) is 0.495. The van der Waals surface area contributed by atoms with Gasteiger partial charge in [0.2, 0.25) is 0 Å². The van der Waals surface area contributed by atoms with Crippen LogP contribution in [-0.2, 0) is 0 Å². The lowest BCUT2D eigenvalue weighted by atomic mass is 10.2. The second-order valence-corrected chi connectivity index (χ2v) is 7.22. The lowest BCUT2D eigenvalue weighted by molar-refractivity contribution is 0.272. The summed E-state index contributed by atoms with van der Waals surface area (Å²) in [7, 11) is 12.1. The fraction of sp³-hybridized carbons (Fsp3) is 0.364. The Kier molecular flexibility index (Phi) is 7.87. The van der Waals surface area contributed by atoms with E-state index in [1.807, 2.05) is 64.7 Å². The predicted molar refractivity (Wildman–Crippen MR) is 122 cm³/mol. The molecule has 0 saturated heterocycles. The summed E-state index contributed by atoms with van der Waals surface area (Å²) in [6, 6.07) is 16.7. The molecular formula is C22H32N6. The summed E-state index contributed by atoms with van der Waals surface area (Å²) in [5, 5.41) is 12.9. The van der Waals surface area contributed by atoms with Crippen molar-refractivity contribution >= 4 is 23.8 Å². The lowest BCUT2D eigenvalue weighted by Crippen LogP contribution is -2.25. The van der Waals surface area contributed by atoms with E-state index in [1.165, 1.54) is 11.4 Å². The average molecular weight is 381 g/mol. The highest BCUT2D eigenvalue weighted by atomic mass is 15.5. The minimum Gasteiger partial charge on any atom is -0.378 e. The number of benzene rings is 2. The Bertz CT molecular complexity index is 695. The predicted octanol–water partition coefficient (Wildman–Crippen LogP) is 3.05. The van der Waals surface area contributed by atoms with E-state index >= 15 is 0 Å². The molecule has 2 aromatic carbocycles. The van der Waals surface area contributed by atoms with Crippen molar-refractivity contribution in [1.29, 1.82) is 0 Å². The first kappa shape index (κ1) is 21.3. The van der Waals surface area contributed by atoms with E-state index in [0.717, 1.165) is 24.2 Å². The van der Waals surface area contributed by atoms with Gasteiger partial charge in [-0.05, 0) is 35.4 Å². The molecule has 0 N–H and O–H groups in total. The maximum Gasteiger partial charge on any atom is 0.0549 e. The fourth-order valence-electron chi connectivity index (χ4n) is 2.45. The van der Waals surface area contributed by atoms with Crippen LogP contribution in [0.4, 0.5) is 11.4 Å². The van der Waals surface area contributed by atoms with Crippen LogP contribution in [0.2, 0.25) is 0 Å². The van der Waals surface area contributed by atoms with Crippen LogP contribution >= 0.6 is 0 Å². The topological polar surface area (TPSA) is 37.7 Å². The molecule has 150 valence electrons. The van der Waals surface area contributed by atoms with Gasteiger partial charge in [0.1, 0.15) is 0 Å². The molecule has 6 heteroatoms. The van der Waals surface area contributed by atoms with Crippen molar-refractivity contribution in [3.63, 3.8) is 0 Å².